The van der Waals surface area contributed by atoms with Crippen molar-refractivity contribution in [1.82, 2.24) is 9.21 Å². The molecule has 23 heavy (non-hydrogen) atoms. The van der Waals surface area contributed by atoms with Gasteiger partial charge in [-0.2, -0.15) is 4.31 Å². The summed E-state index contributed by atoms with van der Waals surface area (Å²) in [5.74, 6) is -1.35. The Bertz CT molecular complexity index is 689. The number of sulfonamides is 1. The number of carboxylic acids is 1. The summed E-state index contributed by atoms with van der Waals surface area (Å²) in [6.07, 6.45) is 0.793. The summed E-state index contributed by atoms with van der Waals surface area (Å²) in [4.78, 5) is 25.3. The summed E-state index contributed by atoms with van der Waals surface area (Å²) in [6.45, 7) is 1.97. The molecule has 1 aromatic rings. The Morgan fingerprint density at radius 2 is 1.83 bits per heavy atom. The van der Waals surface area contributed by atoms with E-state index < -0.39 is 28.1 Å². The van der Waals surface area contributed by atoms with Crippen LogP contribution < -0.4 is 0 Å². The summed E-state index contributed by atoms with van der Waals surface area (Å²) in [5.41, 5.74) is 0.461. The number of nitrogens with zero attached hydrogens (tertiary/aromatic N) is 2. The van der Waals surface area contributed by atoms with Gasteiger partial charge in [-0.15, -0.1) is 0 Å². The van der Waals surface area contributed by atoms with Crippen LogP contribution in [0.2, 0.25) is 0 Å². The Labute approximate surface area is 135 Å². The highest BCUT2D eigenvalue weighted by Gasteiger charge is 2.41. The number of piperazine rings is 1. The van der Waals surface area contributed by atoms with Crippen molar-refractivity contribution in [3.05, 3.63) is 35.9 Å². The lowest BCUT2D eigenvalue weighted by atomic mass is 10.00. The van der Waals surface area contributed by atoms with E-state index in [2.05, 4.69) is 0 Å². The van der Waals surface area contributed by atoms with Crippen LogP contribution in [0.1, 0.15) is 23.7 Å². The highest BCUT2D eigenvalue weighted by molar-refractivity contribution is 7.88. The van der Waals surface area contributed by atoms with Gasteiger partial charge in [0.2, 0.25) is 10.0 Å². The fraction of sp³-hybridized carbons (Fsp3) is 0.467. The number of hydrogen-bond donors (Lipinski definition) is 1. The predicted octanol–water partition coefficient (Wildman–Crippen LogP) is 0.636. The third-order valence-corrected chi connectivity index (χ3v) is 5.43. The van der Waals surface area contributed by atoms with Crippen LogP contribution in [0.15, 0.2) is 30.3 Å². The van der Waals surface area contributed by atoms with Gasteiger partial charge in [-0.25, -0.2) is 8.42 Å². The Balaban J connectivity index is 2.32. The Morgan fingerprint density at radius 3 is 2.35 bits per heavy atom. The zero-order valence-corrected chi connectivity index (χ0v) is 13.9. The maximum Gasteiger partial charge on any atom is 0.305 e. The van der Waals surface area contributed by atoms with Crippen LogP contribution in [-0.2, 0) is 14.8 Å². The quantitative estimate of drug-likeness (QED) is 0.868. The first kappa shape index (κ1) is 17.4. The van der Waals surface area contributed by atoms with Gasteiger partial charge < -0.3 is 10.0 Å². The van der Waals surface area contributed by atoms with Crippen LogP contribution in [0.4, 0.5) is 0 Å². The van der Waals surface area contributed by atoms with Gasteiger partial charge in [0.25, 0.3) is 5.91 Å². The van der Waals surface area contributed by atoms with E-state index >= 15 is 0 Å². The zero-order chi connectivity index (χ0) is 17.2. The Morgan fingerprint density at radius 1 is 1.22 bits per heavy atom. The second-order valence-electron chi connectivity index (χ2n) is 5.64. The minimum Gasteiger partial charge on any atom is -0.481 e. The molecule has 1 fully saturated rings. The molecule has 7 nitrogen and oxygen atoms in total. The summed E-state index contributed by atoms with van der Waals surface area (Å²) >= 11 is 0. The smallest absolute Gasteiger partial charge is 0.305 e. The average Bonchev–Trinajstić information content (AvgIpc) is 2.47. The zero-order valence-electron chi connectivity index (χ0n) is 13.0. The standard InChI is InChI=1S/C15H20N2O5S/c1-11-13(10-14(18)19)16(8-9-17(11)23(2,21)22)15(20)12-6-4-3-5-7-12/h3-7,11,13H,8-10H2,1-2H3,(H,18,19)/t11-,13+/m1/s1. The van der Waals surface area contributed by atoms with Crippen molar-refractivity contribution in [3.63, 3.8) is 0 Å². The first-order valence-electron chi connectivity index (χ1n) is 7.26. The molecule has 0 aliphatic carbocycles. The number of rotatable bonds is 4. The van der Waals surface area contributed by atoms with Gasteiger partial charge in [-0.1, -0.05) is 18.2 Å². The molecule has 2 atom stereocenters. The van der Waals surface area contributed by atoms with Crippen molar-refractivity contribution in [1.29, 1.82) is 0 Å². The molecule has 0 saturated carbocycles. The van der Waals surface area contributed by atoms with Crippen LogP contribution in [0.5, 0.6) is 0 Å². The van der Waals surface area contributed by atoms with Crippen molar-refractivity contribution in [2.24, 2.45) is 0 Å². The predicted molar refractivity (Wildman–Crippen MR) is 84.5 cm³/mol. The minimum absolute atomic E-state index is 0.161. The van der Waals surface area contributed by atoms with E-state index in [0.29, 0.717) is 5.56 Å². The fourth-order valence-corrected chi connectivity index (χ4v) is 4.11. The molecule has 1 aliphatic heterocycles. The van der Waals surface area contributed by atoms with E-state index in [-0.39, 0.29) is 25.4 Å². The largest absolute Gasteiger partial charge is 0.481 e. The maximum atomic E-state index is 12.7. The van der Waals surface area contributed by atoms with Crippen molar-refractivity contribution >= 4 is 21.9 Å². The molecule has 1 saturated heterocycles. The number of benzene rings is 1. The third kappa shape index (κ3) is 3.89. The second-order valence-corrected chi connectivity index (χ2v) is 7.58. The monoisotopic (exact) mass is 340 g/mol. The first-order chi connectivity index (χ1) is 10.7. The molecule has 0 radical (unpaired) electrons. The topological polar surface area (TPSA) is 95.0 Å². The van der Waals surface area contributed by atoms with Crippen molar-refractivity contribution in [3.8, 4) is 0 Å². The van der Waals surface area contributed by atoms with E-state index in [9.17, 15) is 18.0 Å². The summed E-state index contributed by atoms with van der Waals surface area (Å²) in [6, 6.07) is 7.27. The lowest BCUT2D eigenvalue weighted by Gasteiger charge is -2.44. The van der Waals surface area contributed by atoms with Gasteiger partial charge in [-0.05, 0) is 19.1 Å². The van der Waals surface area contributed by atoms with E-state index in [1.165, 1.54) is 9.21 Å². The van der Waals surface area contributed by atoms with Crippen LogP contribution in [0.25, 0.3) is 0 Å². The van der Waals surface area contributed by atoms with E-state index in [0.717, 1.165) is 6.26 Å². The molecule has 0 unspecified atom stereocenters. The fourth-order valence-electron chi connectivity index (χ4n) is 2.95. The van der Waals surface area contributed by atoms with Gasteiger partial charge in [0, 0.05) is 24.7 Å². The van der Waals surface area contributed by atoms with Gasteiger partial charge in [0.1, 0.15) is 0 Å². The lowest BCUT2D eigenvalue weighted by Crippen LogP contribution is -2.61. The minimum atomic E-state index is -3.46. The molecule has 1 N–H and O–H groups in total. The molecular weight excluding hydrogens is 320 g/mol. The SMILES string of the molecule is C[C@@H]1[C@H](CC(=O)O)N(C(=O)c2ccccc2)CCN1S(C)(=O)=O. The molecule has 1 aliphatic rings. The van der Waals surface area contributed by atoms with Crippen LogP contribution in [0.3, 0.4) is 0 Å². The number of carbonyl (C=O) groups is 2. The number of carboxylic acid groups (broad SMARTS) is 1. The van der Waals surface area contributed by atoms with Crippen molar-refractivity contribution in [2.45, 2.75) is 25.4 Å². The maximum absolute atomic E-state index is 12.7. The van der Waals surface area contributed by atoms with Gasteiger partial charge in [0.05, 0.1) is 18.7 Å². The third-order valence-electron chi connectivity index (χ3n) is 4.06. The molecule has 1 amide bonds. The van der Waals surface area contributed by atoms with Crippen LogP contribution in [0, 0.1) is 0 Å². The van der Waals surface area contributed by atoms with Crippen molar-refractivity contribution in [2.75, 3.05) is 19.3 Å². The highest BCUT2D eigenvalue weighted by atomic mass is 32.2. The summed E-state index contributed by atoms with van der Waals surface area (Å²) in [7, 11) is -3.46. The van der Waals surface area contributed by atoms with E-state index in [4.69, 9.17) is 5.11 Å². The molecular formula is C15H20N2O5S. The van der Waals surface area contributed by atoms with Gasteiger partial charge in [0.15, 0.2) is 0 Å². The van der Waals surface area contributed by atoms with Crippen LogP contribution in [-0.4, -0.2) is 66.0 Å². The number of carbonyl (C=O) groups excluding carboxylic acids is 1. The molecule has 0 spiro atoms. The normalized spacial score (nSPS) is 22.8. The molecule has 0 aromatic heterocycles. The summed E-state index contributed by atoms with van der Waals surface area (Å²) < 4.78 is 25.0. The molecule has 1 aromatic carbocycles. The van der Waals surface area contributed by atoms with Gasteiger partial charge >= 0.3 is 5.97 Å². The first-order valence-corrected chi connectivity index (χ1v) is 9.11. The molecule has 0 bridgehead atoms. The van der Waals surface area contributed by atoms with Crippen LogP contribution >= 0.6 is 0 Å². The van der Waals surface area contributed by atoms with Gasteiger partial charge in [-0.3, -0.25) is 9.59 Å². The number of aliphatic carboxylic acids is 1. The molecule has 126 valence electrons. The molecule has 1 heterocycles. The second kappa shape index (κ2) is 6.67. The average molecular weight is 340 g/mol. The lowest BCUT2D eigenvalue weighted by molar-refractivity contribution is -0.139. The van der Waals surface area contributed by atoms with Crippen molar-refractivity contribution < 1.29 is 23.1 Å². The number of hydrogen-bond acceptors (Lipinski definition) is 4. The molecule has 8 heteroatoms. The highest BCUT2D eigenvalue weighted by Crippen LogP contribution is 2.24. The Kier molecular flexibility index (Phi) is 5.06. The van der Waals surface area contributed by atoms with E-state index in [1.807, 2.05) is 0 Å². The molecule has 2 rings (SSSR count). The van der Waals surface area contributed by atoms with E-state index in [1.54, 1.807) is 37.3 Å². The summed E-state index contributed by atoms with van der Waals surface area (Å²) in [5, 5.41) is 9.14. The number of amides is 1. The Hall–Kier alpha value is -1.93.